The lowest BCUT2D eigenvalue weighted by molar-refractivity contribution is 0.0950. The molecule has 5 heteroatoms. The van der Waals surface area contributed by atoms with Crippen LogP contribution in [0.2, 0.25) is 0 Å². The van der Waals surface area contributed by atoms with Gasteiger partial charge in [-0.25, -0.2) is 4.39 Å². The van der Waals surface area contributed by atoms with Gasteiger partial charge in [-0.3, -0.25) is 4.79 Å². The van der Waals surface area contributed by atoms with E-state index < -0.39 is 0 Å². The maximum absolute atomic E-state index is 14.1. The fourth-order valence-electron chi connectivity index (χ4n) is 3.78. The molecule has 2 aromatic heterocycles. The van der Waals surface area contributed by atoms with E-state index in [0.29, 0.717) is 24.2 Å². The zero-order valence-electron chi connectivity index (χ0n) is 15.7. The predicted octanol–water partition coefficient (Wildman–Crippen LogP) is 4.69. The summed E-state index contributed by atoms with van der Waals surface area (Å²) in [4.78, 5) is 18.8. The van der Waals surface area contributed by atoms with Crippen LogP contribution in [0.5, 0.6) is 0 Å². The third-order valence-electron chi connectivity index (χ3n) is 5.22. The Kier molecular flexibility index (Phi) is 4.22. The van der Waals surface area contributed by atoms with Crippen molar-refractivity contribution in [3.8, 4) is 0 Å². The first-order chi connectivity index (χ1) is 13.0. The van der Waals surface area contributed by atoms with E-state index in [0.717, 1.165) is 38.7 Å². The zero-order valence-corrected chi connectivity index (χ0v) is 15.7. The lowest BCUT2D eigenvalue weighted by Crippen LogP contribution is -2.26. The summed E-state index contributed by atoms with van der Waals surface area (Å²) in [7, 11) is 0. The molecule has 1 amide bonds. The number of aromatic amines is 2. The van der Waals surface area contributed by atoms with Crippen molar-refractivity contribution in [2.24, 2.45) is 0 Å². The summed E-state index contributed by atoms with van der Waals surface area (Å²) in [6.45, 7) is 6.43. The number of H-pyrrole nitrogens is 2. The van der Waals surface area contributed by atoms with Crippen LogP contribution in [0.25, 0.3) is 21.8 Å². The molecule has 4 nitrogen and oxygen atoms in total. The smallest absolute Gasteiger partial charge is 0.267 e. The lowest BCUT2D eigenvalue weighted by atomic mass is 10.0. The molecule has 0 fully saturated rings. The van der Waals surface area contributed by atoms with Crippen LogP contribution in [0.15, 0.2) is 36.4 Å². The summed E-state index contributed by atoms with van der Waals surface area (Å²) in [5.74, 6) is -0.381. The minimum absolute atomic E-state index is 0.133. The van der Waals surface area contributed by atoms with Gasteiger partial charge in [0.2, 0.25) is 0 Å². The first kappa shape index (κ1) is 17.3. The molecule has 0 saturated heterocycles. The van der Waals surface area contributed by atoms with Gasteiger partial charge >= 0.3 is 0 Å². The number of aryl methyl sites for hydroxylation is 3. The van der Waals surface area contributed by atoms with Gasteiger partial charge in [0.05, 0.1) is 5.52 Å². The summed E-state index contributed by atoms with van der Waals surface area (Å²) in [6.07, 6.45) is 0.640. The molecule has 0 aliphatic heterocycles. The maximum atomic E-state index is 14.1. The molecule has 138 valence electrons. The lowest BCUT2D eigenvalue weighted by Gasteiger charge is -2.06. The van der Waals surface area contributed by atoms with Crippen molar-refractivity contribution in [3.63, 3.8) is 0 Å². The Hall–Kier alpha value is -3.08. The monoisotopic (exact) mass is 363 g/mol. The Morgan fingerprint density at radius 2 is 1.89 bits per heavy atom. The Bertz CT molecular complexity index is 1170. The van der Waals surface area contributed by atoms with Crippen molar-refractivity contribution < 1.29 is 9.18 Å². The van der Waals surface area contributed by atoms with Crippen LogP contribution in [-0.4, -0.2) is 22.4 Å². The molecule has 4 rings (SSSR count). The van der Waals surface area contributed by atoms with Crippen LogP contribution >= 0.6 is 0 Å². The predicted molar refractivity (Wildman–Crippen MR) is 107 cm³/mol. The molecule has 27 heavy (non-hydrogen) atoms. The van der Waals surface area contributed by atoms with Crippen LogP contribution in [0.4, 0.5) is 4.39 Å². The molecule has 2 heterocycles. The summed E-state index contributed by atoms with van der Waals surface area (Å²) >= 11 is 0. The summed E-state index contributed by atoms with van der Waals surface area (Å²) in [5.41, 5.74) is 6.21. The molecular weight excluding hydrogens is 341 g/mol. The quantitative estimate of drug-likeness (QED) is 0.484. The molecule has 0 saturated carbocycles. The number of carbonyl (C=O) groups is 1. The summed E-state index contributed by atoms with van der Waals surface area (Å²) in [6, 6.07) is 11.1. The SMILES string of the molecule is Cc1[nH]c2c(F)ccc(C)c2c1CCNC(=O)c1cc2c(C)cccc2[nH]1. The third-order valence-corrected chi connectivity index (χ3v) is 5.22. The number of hydrogen-bond acceptors (Lipinski definition) is 1. The van der Waals surface area contributed by atoms with Gasteiger partial charge in [-0.1, -0.05) is 18.2 Å². The van der Waals surface area contributed by atoms with Crippen LogP contribution in [0, 0.1) is 26.6 Å². The second-order valence-electron chi connectivity index (χ2n) is 7.07. The Balaban J connectivity index is 1.52. The third kappa shape index (κ3) is 2.99. The van der Waals surface area contributed by atoms with E-state index in [-0.39, 0.29) is 11.7 Å². The number of hydrogen-bond donors (Lipinski definition) is 3. The number of carbonyl (C=O) groups excluding carboxylic acids is 1. The van der Waals surface area contributed by atoms with Gasteiger partial charge < -0.3 is 15.3 Å². The number of rotatable bonds is 4. The van der Waals surface area contributed by atoms with Gasteiger partial charge in [0.1, 0.15) is 11.5 Å². The van der Waals surface area contributed by atoms with Crippen molar-refractivity contribution in [1.82, 2.24) is 15.3 Å². The number of benzene rings is 2. The van der Waals surface area contributed by atoms with Gasteiger partial charge in [-0.15, -0.1) is 0 Å². The fraction of sp³-hybridized carbons (Fsp3) is 0.227. The Labute approximate surface area is 156 Å². The summed E-state index contributed by atoms with van der Waals surface area (Å²) < 4.78 is 14.1. The molecule has 3 N–H and O–H groups in total. The number of amides is 1. The van der Waals surface area contributed by atoms with Crippen molar-refractivity contribution in [1.29, 1.82) is 0 Å². The molecule has 0 aliphatic carbocycles. The molecule has 0 spiro atoms. The van der Waals surface area contributed by atoms with Crippen LogP contribution in [-0.2, 0) is 6.42 Å². The van der Waals surface area contributed by atoms with E-state index in [4.69, 9.17) is 0 Å². The maximum Gasteiger partial charge on any atom is 0.267 e. The van der Waals surface area contributed by atoms with E-state index in [2.05, 4.69) is 15.3 Å². The van der Waals surface area contributed by atoms with Crippen LogP contribution in [0.1, 0.15) is 32.9 Å². The largest absolute Gasteiger partial charge is 0.356 e. The Morgan fingerprint density at radius 1 is 1.07 bits per heavy atom. The summed E-state index contributed by atoms with van der Waals surface area (Å²) in [5, 5.41) is 4.94. The van der Waals surface area contributed by atoms with Crippen molar-refractivity contribution in [3.05, 3.63) is 70.3 Å². The van der Waals surface area contributed by atoms with Gasteiger partial charge in [-0.2, -0.15) is 0 Å². The molecule has 0 atom stereocenters. The highest BCUT2D eigenvalue weighted by molar-refractivity contribution is 5.98. The molecule has 0 aliphatic rings. The minimum Gasteiger partial charge on any atom is -0.356 e. The van der Waals surface area contributed by atoms with E-state index in [1.807, 2.05) is 45.0 Å². The molecule has 4 aromatic rings. The topological polar surface area (TPSA) is 60.7 Å². The average Bonchev–Trinajstić information content (AvgIpc) is 3.22. The van der Waals surface area contributed by atoms with E-state index >= 15 is 0 Å². The van der Waals surface area contributed by atoms with Gasteiger partial charge in [0.15, 0.2) is 0 Å². The van der Waals surface area contributed by atoms with Crippen molar-refractivity contribution in [2.45, 2.75) is 27.2 Å². The number of aromatic nitrogens is 2. The van der Waals surface area contributed by atoms with Crippen LogP contribution in [0.3, 0.4) is 0 Å². The molecule has 0 radical (unpaired) electrons. The minimum atomic E-state index is -0.248. The van der Waals surface area contributed by atoms with Gasteiger partial charge in [0.25, 0.3) is 5.91 Å². The van der Waals surface area contributed by atoms with Crippen LogP contribution < -0.4 is 5.32 Å². The van der Waals surface area contributed by atoms with E-state index in [1.54, 1.807) is 6.07 Å². The zero-order chi connectivity index (χ0) is 19.1. The standard InChI is InChI=1S/C22H22FN3O/c1-12-5-4-6-18-16(12)11-19(26-18)22(27)24-10-9-15-14(3)25-21-17(23)8-7-13(2)20(15)21/h4-8,11,25-26H,9-10H2,1-3H3,(H,24,27). The second kappa shape index (κ2) is 6.58. The highest BCUT2D eigenvalue weighted by Gasteiger charge is 2.15. The number of nitrogens with one attached hydrogen (secondary N) is 3. The molecular formula is C22H22FN3O. The van der Waals surface area contributed by atoms with E-state index in [1.165, 1.54) is 6.07 Å². The first-order valence-corrected chi connectivity index (χ1v) is 9.08. The molecule has 0 bridgehead atoms. The van der Waals surface area contributed by atoms with Crippen molar-refractivity contribution in [2.75, 3.05) is 6.54 Å². The fourth-order valence-corrected chi connectivity index (χ4v) is 3.78. The van der Waals surface area contributed by atoms with Crippen molar-refractivity contribution >= 4 is 27.7 Å². The number of fused-ring (bicyclic) bond motifs is 2. The molecule has 2 aromatic carbocycles. The number of halogens is 1. The average molecular weight is 363 g/mol. The van der Waals surface area contributed by atoms with Gasteiger partial charge in [0, 0.05) is 28.5 Å². The second-order valence-corrected chi connectivity index (χ2v) is 7.07. The Morgan fingerprint density at radius 3 is 2.67 bits per heavy atom. The van der Waals surface area contributed by atoms with E-state index in [9.17, 15) is 9.18 Å². The highest BCUT2D eigenvalue weighted by atomic mass is 19.1. The highest BCUT2D eigenvalue weighted by Crippen LogP contribution is 2.28. The van der Waals surface area contributed by atoms with Gasteiger partial charge in [-0.05, 0) is 62.1 Å². The molecule has 0 unspecified atom stereocenters. The first-order valence-electron chi connectivity index (χ1n) is 9.08. The normalized spacial score (nSPS) is 11.4.